The third-order valence-corrected chi connectivity index (χ3v) is 6.23. The van der Waals surface area contributed by atoms with E-state index in [1.807, 2.05) is 60.7 Å². The highest BCUT2D eigenvalue weighted by Gasteiger charge is 2.20. The molecule has 1 aliphatic heterocycles. The molecule has 0 fully saturated rings. The number of hydrogen-bond donors (Lipinski definition) is 0. The Balaban J connectivity index is 1.41. The van der Waals surface area contributed by atoms with Crippen LogP contribution in [-0.2, 0) is 12.4 Å². The first-order valence-electron chi connectivity index (χ1n) is 10.2. The van der Waals surface area contributed by atoms with Gasteiger partial charge in [0, 0.05) is 27.3 Å². The zero-order valence-electron chi connectivity index (χ0n) is 17.6. The van der Waals surface area contributed by atoms with Gasteiger partial charge in [-0.2, -0.15) is 0 Å². The molecule has 0 unspecified atom stereocenters. The van der Waals surface area contributed by atoms with Gasteiger partial charge in [0.2, 0.25) is 6.79 Å². The number of hydrogen-bond acceptors (Lipinski definition) is 6. The van der Waals surface area contributed by atoms with Crippen LogP contribution in [0.15, 0.2) is 88.4 Å². The molecule has 6 heteroatoms. The van der Waals surface area contributed by atoms with Gasteiger partial charge in [-0.1, -0.05) is 18.2 Å². The van der Waals surface area contributed by atoms with Gasteiger partial charge < -0.3 is 23.4 Å². The van der Waals surface area contributed by atoms with Crippen molar-refractivity contribution in [3.63, 3.8) is 0 Å². The summed E-state index contributed by atoms with van der Waals surface area (Å²) in [6.07, 6.45) is 1.78. The summed E-state index contributed by atoms with van der Waals surface area (Å²) in [5.74, 6) is 4.63. The minimum atomic E-state index is 0.245. The maximum absolute atomic E-state index is 6.05. The Labute approximate surface area is 190 Å². The summed E-state index contributed by atoms with van der Waals surface area (Å²) in [7, 11) is 1.65. The molecule has 0 bridgehead atoms. The summed E-state index contributed by atoms with van der Waals surface area (Å²) in [4.78, 5) is 1.20. The zero-order valence-corrected chi connectivity index (χ0v) is 18.4. The van der Waals surface area contributed by atoms with Crippen LogP contribution < -0.4 is 18.9 Å². The lowest BCUT2D eigenvalue weighted by atomic mass is 10.1. The van der Waals surface area contributed by atoms with E-state index in [0.717, 1.165) is 51.2 Å². The minimum Gasteiger partial charge on any atom is -0.497 e. The molecule has 2 heterocycles. The quantitative estimate of drug-likeness (QED) is 0.286. The van der Waals surface area contributed by atoms with Crippen molar-refractivity contribution >= 4 is 11.8 Å². The van der Waals surface area contributed by atoms with Gasteiger partial charge >= 0.3 is 0 Å². The molecule has 0 saturated heterocycles. The van der Waals surface area contributed by atoms with E-state index in [0.29, 0.717) is 6.61 Å². The van der Waals surface area contributed by atoms with Gasteiger partial charge in [0.1, 0.15) is 23.9 Å². The first-order valence-corrected chi connectivity index (χ1v) is 11.2. The third kappa shape index (κ3) is 4.41. The van der Waals surface area contributed by atoms with Gasteiger partial charge in [-0.15, -0.1) is 11.8 Å². The van der Waals surface area contributed by atoms with E-state index in [1.165, 1.54) is 4.90 Å². The Bertz CT molecular complexity index is 1180. The standard InChI is InChI=1S/C26H22O5S/c1-27-20-8-10-21(11-9-20)28-14-19-15-29-26(18-7-12-24-25(13-18)31-17-30-24)23(19)16-32-22-5-3-2-4-6-22/h2-13,15H,14,16-17H2,1H3. The first-order chi connectivity index (χ1) is 15.8. The molecule has 0 spiro atoms. The largest absolute Gasteiger partial charge is 0.497 e. The molecule has 0 amide bonds. The molecular formula is C26H22O5S. The van der Waals surface area contributed by atoms with Gasteiger partial charge in [0.25, 0.3) is 0 Å². The highest BCUT2D eigenvalue weighted by molar-refractivity contribution is 7.98. The van der Waals surface area contributed by atoms with Gasteiger partial charge in [-0.05, 0) is 54.6 Å². The summed E-state index contributed by atoms with van der Waals surface area (Å²) in [5.41, 5.74) is 3.07. The van der Waals surface area contributed by atoms with E-state index in [4.69, 9.17) is 23.4 Å². The summed E-state index contributed by atoms with van der Waals surface area (Å²) in [6.45, 7) is 0.652. The van der Waals surface area contributed by atoms with Gasteiger partial charge in [0.15, 0.2) is 11.5 Å². The second kappa shape index (κ2) is 9.32. The maximum Gasteiger partial charge on any atom is 0.231 e. The molecule has 3 aromatic carbocycles. The molecule has 1 aromatic heterocycles. The van der Waals surface area contributed by atoms with Crippen LogP contribution in [0.2, 0.25) is 0 Å². The number of rotatable bonds is 8. The van der Waals surface area contributed by atoms with Crippen molar-refractivity contribution in [3.8, 4) is 34.3 Å². The first kappa shape index (κ1) is 20.4. The highest BCUT2D eigenvalue weighted by atomic mass is 32.2. The molecule has 0 N–H and O–H groups in total. The Morgan fingerprint density at radius 1 is 0.875 bits per heavy atom. The van der Waals surface area contributed by atoms with Crippen molar-refractivity contribution in [1.82, 2.24) is 0 Å². The van der Waals surface area contributed by atoms with E-state index in [1.54, 1.807) is 25.1 Å². The average molecular weight is 447 g/mol. The lowest BCUT2D eigenvalue weighted by molar-refractivity contribution is 0.174. The molecular weight excluding hydrogens is 424 g/mol. The van der Waals surface area contributed by atoms with Crippen LogP contribution in [0.1, 0.15) is 11.1 Å². The Morgan fingerprint density at radius 2 is 1.66 bits per heavy atom. The third-order valence-electron chi connectivity index (χ3n) is 5.20. The molecule has 4 aromatic rings. The Kier molecular flexibility index (Phi) is 5.94. The van der Waals surface area contributed by atoms with Crippen LogP contribution in [0.25, 0.3) is 11.3 Å². The lowest BCUT2D eigenvalue weighted by Crippen LogP contribution is -1.98. The highest BCUT2D eigenvalue weighted by Crippen LogP contribution is 2.39. The summed E-state index contributed by atoms with van der Waals surface area (Å²) >= 11 is 1.77. The van der Waals surface area contributed by atoms with Gasteiger partial charge in [-0.3, -0.25) is 0 Å². The second-order valence-corrected chi connectivity index (χ2v) is 8.25. The van der Waals surface area contributed by atoms with E-state index in [2.05, 4.69) is 12.1 Å². The van der Waals surface area contributed by atoms with Crippen molar-refractivity contribution in [1.29, 1.82) is 0 Å². The van der Waals surface area contributed by atoms with Crippen LogP contribution in [0.5, 0.6) is 23.0 Å². The number of ether oxygens (including phenoxy) is 4. The number of benzene rings is 3. The lowest BCUT2D eigenvalue weighted by Gasteiger charge is -2.09. The van der Waals surface area contributed by atoms with E-state index < -0.39 is 0 Å². The second-order valence-electron chi connectivity index (χ2n) is 7.20. The van der Waals surface area contributed by atoms with Crippen LogP contribution in [-0.4, -0.2) is 13.9 Å². The summed E-state index contributed by atoms with van der Waals surface area (Å²) in [6, 6.07) is 23.8. The average Bonchev–Trinajstić information content (AvgIpc) is 3.48. The SMILES string of the molecule is COc1ccc(OCc2coc(-c3ccc4c(c3)OCO4)c2CSc2ccccc2)cc1. The van der Waals surface area contributed by atoms with Crippen molar-refractivity contribution < 1.29 is 23.4 Å². The van der Waals surface area contributed by atoms with Crippen LogP contribution >= 0.6 is 11.8 Å². The molecule has 0 aliphatic carbocycles. The van der Waals surface area contributed by atoms with E-state index >= 15 is 0 Å². The van der Waals surface area contributed by atoms with E-state index in [9.17, 15) is 0 Å². The maximum atomic E-state index is 6.05. The van der Waals surface area contributed by atoms with Crippen LogP contribution in [0.4, 0.5) is 0 Å². The minimum absolute atomic E-state index is 0.245. The number of furan rings is 1. The van der Waals surface area contributed by atoms with Gasteiger partial charge in [0.05, 0.1) is 13.4 Å². The van der Waals surface area contributed by atoms with Crippen LogP contribution in [0.3, 0.4) is 0 Å². The molecule has 5 rings (SSSR count). The Hall–Kier alpha value is -3.51. The molecule has 0 saturated carbocycles. The zero-order chi connectivity index (χ0) is 21.8. The van der Waals surface area contributed by atoms with Gasteiger partial charge in [-0.25, -0.2) is 0 Å². The predicted octanol–water partition coefficient (Wildman–Crippen LogP) is 6.56. The van der Waals surface area contributed by atoms with Crippen molar-refractivity contribution in [2.45, 2.75) is 17.3 Å². The number of methoxy groups -OCH3 is 1. The van der Waals surface area contributed by atoms with Crippen molar-refractivity contribution in [2.75, 3.05) is 13.9 Å². The fourth-order valence-corrected chi connectivity index (χ4v) is 4.46. The fraction of sp³-hybridized carbons (Fsp3) is 0.154. The number of fused-ring (bicyclic) bond motifs is 1. The molecule has 1 aliphatic rings. The van der Waals surface area contributed by atoms with Crippen LogP contribution in [0, 0.1) is 0 Å². The Morgan fingerprint density at radius 3 is 2.47 bits per heavy atom. The smallest absolute Gasteiger partial charge is 0.231 e. The molecule has 0 atom stereocenters. The van der Waals surface area contributed by atoms with Crippen molar-refractivity contribution in [3.05, 3.63) is 90.2 Å². The predicted molar refractivity (Wildman–Crippen MR) is 124 cm³/mol. The summed E-state index contributed by atoms with van der Waals surface area (Å²) < 4.78 is 28.3. The summed E-state index contributed by atoms with van der Waals surface area (Å²) in [5, 5.41) is 0. The monoisotopic (exact) mass is 446 g/mol. The fourth-order valence-electron chi connectivity index (χ4n) is 3.48. The molecule has 5 nitrogen and oxygen atoms in total. The topological polar surface area (TPSA) is 50.1 Å². The van der Waals surface area contributed by atoms with Crippen molar-refractivity contribution in [2.24, 2.45) is 0 Å². The normalized spacial score (nSPS) is 12.0. The number of thioether (sulfide) groups is 1. The molecule has 32 heavy (non-hydrogen) atoms. The molecule has 0 radical (unpaired) electrons. The van der Waals surface area contributed by atoms with E-state index in [-0.39, 0.29) is 6.79 Å². The molecule has 162 valence electrons.